The molecule has 1 heteroatoms. The lowest BCUT2D eigenvalue weighted by Gasteiger charge is -2.17. The fourth-order valence-electron chi connectivity index (χ4n) is 1.21. The van der Waals surface area contributed by atoms with Crippen LogP contribution in [0.5, 0.6) is 0 Å². The molecule has 0 amide bonds. The lowest BCUT2D eigenvalue weighted by Crippen LogP contribution is -2.08. The van der Waals surface area contributed by atoms with Crippen molar-refractivity contribution in [3.05, 3.63) is 34.3 Å². The highest BCUT2D eigenvalue weighted by Gasteiger charge is 2.10. The molecule has 1 aromatic carbocycles. The SMILES string of the molecule is CC(C)(C)Cc1ccc(Br)cc1. The predicted octanol–water partition coefficient (Wildman–Crippen LogP) is 4.04. The Labute approximate surface area is 83.1 Å². The lowest BCUT2D eigenvalue weighted by molar-refractivity contribution is 0.411. The van der Waals surface area contributed by atoms with Gasteiger partial charge in [-0.25, -0.2) is 0 Å². The van der Waals surface area contributed by atoms with Crippen molar-refractivity contribution < 1.29 is 0 Å². The fraction of sp³-hybridized carbons (Fsp3) is 0.455. The summed E-state index contributed by atoms with van der Waals surface area (Å²) in [6.45, 7) is 6.78. The molecule has 0 saturated carbocycles. The Morgan fingerprint density at radius 2 is 1.58 bits per heavy atom. The van der Waals surface area contributed by atoms with Crippen LogP contribution in [0.4, 0.5) is 0 Å². The third-order valence-corrected chi connectivity index (χ3v) is 2.18. The summed E-state index contributed by atoms with van der Waals surface area (Å²) in [5.41, 5.74) is 1.79. The van der Waals surface area contributed by atoms with Gasteiger partial charge in [-0.3, -0.25) is 0 Å². The normalized spacial score (nSPS) is 11.7. The largest absolute Gasteiger partial charge is 0.0599 e. The second-order valence-corrected chi connectivity index (χ2v) is 5.28. The molecule has 0 bridgehead atoms. The fourth-order valence-corrected chi connectivity index (χ4v) is 1.48. The van der Waals surface area contributed by atoms with Crippen LogP contribution in [-0.2, 0) is 6.42 Å². The molecule has 1 rings (SSSR count). The first kappa shape index (κ1) is 9.79. The van der Waals surface area contributed by atoms with Gasteiger partial charge in [0.25, 0.3) is 0 Å². The van der Waals surface area contributed by atoms with E-state index in [1.165, 1.54) is 5.56 Å². The molecule has 0 fully saturated rings. The molecular weight excluding hydrogens is 212 g/mol. The molecule has 1 aromatic rings. The van der Waals surface area contributed by atoms with E-state index in [-0.39, 0.29) is 0 Å². The van der Waals surface area contributed by atoms with Crippen LogP contribution in [0.3, 0.4) is 0 Å². The second-order valence-electron chi connectivity index (χ2n) is 4.36. The van der Waals surface area contributed by atoms with Gasteiger partial charge in [-0.2, -0.15) is 0 Å². The molecule has 0 aliphatic rings. The molecule has 0 nitrogen and oxygen atoms in total. The van der Waals surface area contributed by atoms with Crippen LogP contribution in [0.15, 0.2) is 28.7 Å². The summed E-state index contributed by atoms with van der Waals surface area (Å²) < 4.78 is 1.15. The molecule has 0 saturated heterocycles. The van der Waals surface area contributed by atoms with Gasteiger partial charge in [0.2, 0.25) is 0 Å². The van der Waals surface area contributed by atoms with E-state index in [0.29, 0.717) is 5.41 Å². The van der Waals surface area contributed by atoms with Crippen molar-refractivity contribution in [2.45, 2.75) is 27.2 Å². The summed E-state index contributed by atoms with van der Waals surface area (Å²) in [6, 6.07) is 8.55. The summed E-state index contributed by atoms with van der Waals surface area (Å²) in [6.07, 6.45) is 1.14. The van der Waals surface area contributed by atoms with Crippen LogP contribution in [0.25, 0.3) is 0 Å². The highest BCUT2D eigenvalue weighted by molar-refractivity contribution is 9.10. The molecule has 0 aromatic heterocycles. The van der Waals surface area contributed by atoms with E-state index in [9.17, 15) is 0 Å². The third kappa shape index (κ3) is 3.40. The highest BCUT2D eigenvalue weighted by Crippen LogP contribution is 2.21. The van der Waals surface area contributed by atoms with Crippen LogP contribution in [0, 0.1) is 5.41 Å². The van der Waals surface area contributed by atoms with E-state index in [4.69, 9.17) is 0 Å². The Morgan fingerprint density at radius 1 is 1.08 bits per heavy atom. The van der Waals surface area contributed by atoms with E-state index in [2.05, 4.69) is 61.0 Å². The summed E-state index contributed by atoms with van der Waals surface area (Å²) in [5.74, 6) is 0. The molecule has 0 N–H and O–H groups in total. The maximum atomic E-state index is 3.43. The Bertz CT molecular complexity index is 241. The minimum Gasteiger partial charge on any atom is -0.0599 e. The van der Waals surface area contributed by atoms with Crippen LogP contribution in [0.1, 0.15) is 26.3 Å². The number of halogens is 1. The van der Waals surface area contributed by atoms with Crippen molar-refractivity contribution in [3.8, 4) is 0 Å². The number of hydrogen-bond donors (Lipinski definition) is 0. The van der Waals surface area contributed by atoms with E-state index in [1.54, 1.807) is 0 Å². The monoisotopic (exact) mass is 226 g/mol. The first-order valence-corrected chi connectivity index (χ1v) is 5.01. The van der Waals surface area contributed by atoms with Gasteiger partial charge in [-0.15, -0.1) is 0 Å². The zero-order chi connectivity index (χ0) is 9.19. The van der Waals surface area contributed by atoms with Gasteiger partial charge < -0.3 is 0 Å². The zero-order valence-corrected chi connectivity index (χ0v) is 9.48. The minimum atomic E-state index is 0.383. The summed E-state index contributed by atoms with van der Waals surface area (Å²) >= 11 is 3.43. The summed E-state index contributed by atoms with van der Waals surface area (Å²) in [7, 11) is 0. The van der Waals surface area contributed by atoms with Crippen molar-refractivity contribution in [2.75, 3.05) is 0 Å². The van der Waals surface area contributed by atoms with Gasteiger partial charge in [0, 0.05) is 4.47 Å². The molecule has 0 atom stereocenters. The number of benzene rings is 1. The van der Waals surface area contributed by atoms with Crippen LogP contribution in [0.2, 0.25) is 0 Å². The Kier molecular flexibility index (Phi) is 2.94. The Balaban J connectivity index is 2.71. The van der Waals surface area contributed by atoms with E-state index in [0.717, 1.165) is 10.9 Å². The topological polar surface area (TPSA) is 0 Å². The average molecular weight is 227 g/mol. The lowest BCUT2D eigenvalue weighted by atomic mass is 9.88. The smallest absolute Gasteiger partial charge is 0.0175 e. The third-order valence-electron chi connectivity index (χ3n) is 1.65. The van der Waals surface area contributed by atoms with Gasteiger partial charge in [-0.1, -0.05) is 48.8 Å². The Morgan fingerprint density at radius 3 is 2.00 bits per heavy atom. The molecule has 0 aliphatic carbocycles. The van der Waals surface area contributed by atoms with Crippen molar-refractivity contribution >= 4 is 15.9 Å². The molecule has 12 heavy (non-hydrogen) atoms. The van der Waals surface area contributed by atoms with Crippen molar-refractivity contribution in [2.24, 2.45) is 5.41 Å². The average Bonchev–Trinajstić information content (AvgIpc) is 1.91. The molecule has 66 valence electrons. The van der Waals surface area contributed by atoms with Crippen molar-refractivity contribution in [3.63, 3.8) is 0 Å². The predicted molar refractivity (Wildman–Crippen MR) is 57.3 cm³/mol. The summed E-state index contributed by atoms with van der Waals surface area (Å²) in [4.78, 5) is 0. The molecule has 0 radical (unpaired) electrons. The minimum absolute atomic E-state index is 0.383. The van der Waals surface area contributed by atoms with Gasteiger partial charge in [0.15, 0.2) is 0 Å². The summed E-state index contributed by atoms with van der Waals surface area (Å²) in [5, 5.41) is 0. The quantitative estimate of drug-likeness (QED) is 0.679. The first-order chi connectivity index (χ1) is 5.47. The molecular formula is C11H15Br. The second kappa shape index (κ2) is 3.61. The van der Waals surface area contributed by atoms with Gasteiger partial charge in [0.05, 0.1) is 0 Å². The molecule has 0 unspecified atom stereocenters. The maximum absolute atomic E-state index is 3.43. The first-order valence-electron chi connectivity index (χ1n) is 4.22. The molecule has 0 heterocycles. The molecule has 0 spiro atoms. The number of rotatable bonds is 1. The van der Waals surface area contributed by atoms with Gasteiger partial charge in [0.1, 0.15) is 0 Å². The van der Waals surface area contributed by atoms with Gasteiger partial charge >= 0.3 is 0 Å². The van der Waals surface area contributed by atoms with Crippen LogP contribution in [-0.4, -0.2) is 0 Å². The standard InChI is InChI=1S/C11H15Br/c1-11(2,3)8-9-4-6-10(12)7-5-9/h4-7H,8H2,1-3H3. The van der Waals surface area contributed by atoms with Crippen molar-refractivity contribution in [1.29, 1.82) is 0 Å². The van der Waals surface area contributed by atoms with E-state index >= 15 is 0 Å². The van der Waals surface area contributed by atoms with E-state index in [1.807, 2.05) is 0 Å². The highest BCUT2D eigenvalue weighted by atomic mass is 79.9. The van der Waals surface area contributed by atoms with Crippen LogP contribution < -0.4 is 0 Å². The maximum Gasteiger partial charge on any atom is 0.0175 e. The number of hydrogen-bond acceptors (Lipinski definition) is 0. The Hall–Kier alpha value is -0.300. The molecule has 0 aliphatic heterocycles. The zero-order valence-electron chi connectivity index (χ0n) is 7.89. The van der Waals surface area contributed by atoms with Gasteiger partial charge in [-0.05, 0) is 29.5 Å². The van der Waals surface area contributed by atoms with E-state index < -0.39 is 0 Å². The van der Waals surface area contributed by atoms with Crippen molar-refractivity contribution in [1.82, 2.24) is 0 Å². The van der Waals surface area contributed by atoms with Crippen LogP contribution >= 0.6 is 15.9 Å².